The highest BCUT2D eigenvalue weighted by atomic mass is 32.1. The second kappa shape index (κ2) is 42.5. The highest BCUT2D eigenvalue weighted by Gasteiger charge is 2.18. The number of benzene rings is 3. The summed E-state index contributed by atoms with van der Waals surface area (Å²) in [4.78, 5) is 73.4. The van der Waals surface area contributed by atoms with Crippen LogP contribution in [0.5, 0.6) is 0 Å². The van der Waals surface area contributed by atoms with Crippen molar-refractivity contribution in [2.45, 2.75) is 213 Å². The molecule has 0 aliphatic rings. The van der Waals surface area contributed by atoms with Crippen molar-refractivity contribution in [2.75, 3.05) is 0 Å². The maximum atomic E-state index is 13.4. The first-order chi connectivity index (χ1) is 55.9. The Bertz CT molecular complexity index is 5950. The minimum absolute atomic E-state index is 0. The highest BCUT2D eigenvalue weighted by Crippen LogP contribution is 2.35. The average Bonchev–Trinajstić information content (AvgIpc) is 1.60. The Morgan fingerprint density at radius 1 is 0.331 bits per heavy atom. The first kappa shape index (κ1) is 91.8. The number of hydrogen-bond donors (Lipinski definition) is 0. The van der Waals surface area contributed by atoms with Crippen molar-refractivity contribution < 1.29 is 8.78 Å². The van der Waals surface area contributed by atoms with E-state index in [1.54, 1.807) is 117 Å². The first-order valence-corrected chi connectivity index (χ1v) is 44.4. The van der Waals surface area contributed by atoms with Crippen LogP contribution < -0.4 is 0 Å². The molecule has 18 nitrogen and oxygen atoms in total. The predicted molar refractivity (Wildman–Crippen MR) is 497 cm³/mol. The Morgan fingerprint density at radius 2 is 0.814 bits per heavy atom. The molecule has 0 amide bonds. The van der Waals surface area contributed by atoms with Gasteiger partial charge in [0.05, 0.1) is 82.4 Å². The van der Waals surface area contributed by atoms with Crippen LogP contribution in [0.3, 0.4) is 0 Å². The first-order valence-electron chi connectivity index (χ1n) is 39.3. The average molecular weight is 1700 g/mol. The Balaban J connectivity index is 0.000000151. The number of halogens is 2. The van der Waals surface area contributed by atoms with E-state index < -0.39 is 11.6 Å². The fourth-order valence-electron chi connectivity index (χ4n) is 12.9. The molecule has 18 aromatic rings. The van der Waals surface area contributed by atoms with E-state index in [4.69, 9.17) is 0 Å². The van der Waals surface area contributed by atoms with Crippen LogP contribution in [-0.2, 0) is 7.05 Å². The second-order valence-corrected chi connectivity index (χ2v) is 37.0. The fourth-order valence-corrected chi connectivity index (χ4v) is 18.6. The number of nitrogens with zero attached hydrogens (tertiary/aromatic N) is 18. The van der Waals surface area contributed by atoms with Crippen molar-refractivity contribution in [1.29, 1.82) is 0 Å². The summed E-state index contributed by atoms with van der Waals surface area (Å²) in [6, 6.07) is 26.1. The van der Waals surface area contributed by atoms with Crippen molar-refractivity contribution in [3.8, 4) is 0 Å². The molecule has 0 fully saturated rings. The third kappa shape index (κ3) is 22.8. The van der Waals surface area contributed by atoms with Crippen LogP contribution in [0.1, 0.15) is 257 Å². The third-order valence-electron chi connectivity index (χ3n) is 18.6. The van der Waals surface area contributed by atoms with Gasteiger partial charge in [0.2, 0.25) is 0 Å². The van der Waals surface area contributed by atoms with Crippen molar-refractivity contribution in [1.82, 2.24) is 89.5 Å². The smallest absolute Gasteiger partial charge is 0.185 e. The van der Waals surface area contributed by atoms with E-state index in [-0.39, 0.29) is 18.9 Å². The molecule has 0 N–H and O–H groups in total. The summed E-state index contributed by atoms with van der Waals surface area (Å²) in [5, 5.41) is 19.7. The molecule has 0 aliphatic carbocycles. The molecule has 0 saturated heterocycles. The van der Waals surface area contributed by atoms with Crippen molar-refractivity contribution in [3.05, 3.63) is 241 Å². The lowest BCUT2D eigenvalue weighted by atomic mass is 9.96. The molecule has 26 heteroatoms. The van der Waals surface area contributed by atoms with Crippen LogP contribution >= 0.6 is 68.0 Å². The number of rotatable bonds is 9. The maximum absolute atomic E-state index is 13.4. The van der Waals surface area contributed by atoms with Gasteiger partial charge in [0.1, 0.15) is 81.7 Å². The zero-order valence-electron chi connectivity index (χ0n) is 71.0. The molecule has 15 aromatic heterocycles. The summed E-state index contributed by atoms with van der Waals surface area (Å²) in [5.41, 5.74) is 17.9. The van der Waals surface area contributed by atoms with Gasteiger partial charge in [-0.2, -0.15) is 5.10 Å². The van der Waals surface area contributed by atoms with Gasteiger partial charge in [-0.3, -0.25) is 4.68 Å². The van der Waals surface area contributed by atoms with Crippen LogP contribution in [0.2, 0.25) is 0 Å². The Morgan fingerprint density at radius 3 is 1.44 bits per heavy atom. The molecular weight excluding hydrogens is 1590 g/mol. The molecule has 0 atom stereocenters. The summed E-state index contributed by atoms with van der Waals surface area (Å²) in [6.07, 6.45) is 14.7. The van der Waals surface area contributed by atoms with Gasteiger partial charge in [-0.15, -0.1) is 68.0 Å². The fraction of sp³-hybridized carbons (Fsp3) is 0.359. The van der Waals surface area contributed by atoms with Crippen LogP contribution in [0, 0.1) is 39.3 Å². The number of hydrogen-bond acceptors (Lipinski definition) is 23. The minimum Gasteiger partial charge on any atom is -0.273 e. The normalized spacial score (nSPS) is 11.2. The van der Waals surface area contributed by atoms with E-state index in [1.165, 1.54) is 97.0 Å². The number of fused-ring (bicyclic) bond motifs is 9. The van der Waals surface area contributed by atoms with Crippen molar-refractivity contribution in [3.63, 3.8) is 0 Å². The van der Waals surface area contributed by atoms with Gasteiger partial charge < -0.3 is 0 Å². The molecule has 0 bridgehead atoms. The van der Waals surface area contributed by atoms with Gasteiger partial charge in [0.15, 0.2) is 11.6 Å². The summed E-state index contributed by atoms with van der Waals surface area (Å²) in [5.74, 6) is 2.21. The van der Waals surface area contributed by atoms with Gasteiger partial charge >= 0.3 is 0 Å². The van der Waals surface area contributed by atoms with Gasteiger partial charge in [0.25, 0.3) is 0 Å². The largest absolute Gasteiger partial charge is 0.273 e. The molecule has 0 radical (unpaired) electrons. The quantitative estimate of drug-likeness (QED) is 0.131. The topological polar surface area (TPSA) is 224 Å². The Kier molecular flexibility index (Phi) is 33.1. The molecule has 0 unspecified atom stereocenters. The molecule has 18 rings (SSSR count). The van der Waals surface area contributed by atoms with Crippen molar-refractivity contribution in [2.24, 2.45) is 7.05 Å². The highest BCUT2D eigenvalue weighted by molar-refractivity contribution is 7.19. The summed E-state index contributed by atoms with van der Waals surface area (Å²) in [7, 11) is 1.89. The maximum Gasteiger partial charge on any atom is 0.185 e. The molecule has 0 spiro atoms. The molecule has 118 heavy (non-hydrogen) atoms. The number of aryl methyl sites for hydroxylation is 5. The molecule has 0 saturated carbocycles. The number of aromatic nitrogens is 18. The molecule has 616 valence electrons. The Labute approximate surface area is 715 Å². The van der Waals surface area contributed by atoms with Crippen LogP contribution in [-0.4, -0.2) is 89.5 Å². The molecule has 15 heterocycles. The van der Waals surface area contributed by atoms with E-state index in [9.17, 15) is 8.78 Å². The minimum atomic E-state index is -0.906. The zero-order valence-corrected chi connectivity index (χ0v) is 75.9. The molecular formula is C92H108F2N18S6. The van der Waals surface area contributed by atoms with Crippen LogP contribution in [0.4, 0.5) is 8.78 Å². The predicted octanol–water partition coefficient (Wildman–Crippen LogP) is 27.2. The Hall–Kier alpha value is -10.1. The number of thiophene rings is 6. The SMILES string of the molecule is C.CC(C)c1cccc2ccccc12.CC(C)c1ncnc2c(F)c(F)ccc12.CC(C)c1ncnc2ccsc12.CC(C)c1ncnc2cn(C)nc12.CC(C)c1ncnc2sccc12.Cc1cc2c(C(C)C)ncnc2s1.Cc1cc2ncnc(C(C)C)c2s1.Cc1csc2c(C(C)C)ncnc12.Cc1csc2ncnc(C(C)C)c12. The molecule has 3 aromatic carbocycles. The standard InChI is InChI=1S/C13H14.C11H10F2N2.4C10H12N2S.C9H12N4.2C9H10N2S.CH4/c1-10(2)12-9-5-7-11-6-3-4-8-13(11)12;1-6(2)10-7-3-4-8(12)9(13)11(7)15-5-14-10;1-6(2)9-8-7(3)4-13-10(8)12-5-11-9;1-6(2)8-10-9(12-5-11-8)7(3)4-13-10;1-6(2)9-10-8(11-5-12-9)4-7(3)13-10;1-6(2)9-8-4-7(3)13-10(8)12-5-11-9;1-6(2)8-9-7(10-5-11-8)4-13(3)12-9;1-6(2)8-9-7(3-4-12-9)10-5-11-8;1-6(2)8-7-3-4-12-9(7)11-5-10-8;/h3-10H,1-2H3;3-6H,1-2H3;5*4-6H,1-3H3;2*3-6H,1-2H3;1H4. The third-order valence-corrected chi connectivity index (χ3v) is 24.5. The van der Waals surface area contributed by atoms with Crippen molar-refractivity contribution >= 4 is 162 Å². The van der Waals surface area contributed by atoms with Gasteiger partial charge in [0, 0.05) is 38.3 Å². The van der Waals surface area contributed by atoms with Gasteiger partial charge in [-0.1, -0.05) is 175 Å². The summed E-state index contributed by atoms with van der Waals surface area (Å²) >= 11 is 10.3. The zero-order chi connectivity index (χ0) is 84.5. The van der Waals surface area contributed by atoms with Crippen LogP contribution in [0.25, 0.3) is 94.0 Å². The van der Waals surface area contributed by atoms with E-state index in [0.29, 0.717) is 52.7 Å². The summed E-state index contributed by atoms with van der Waals surface area (Å²) < 4.78 is 31.8. The van der Waals surface area contributed by atoms with E-state index in [0.717, 1.165) is 76.6 Å². The monoisotopic (exact) mass is 1690 g/mol. The van der Waals surface area contributed by atoms with E-state index in [1.807, 2.05) is 33.2 Å². The lowest BCUT2D eigenvalue weighted by Crippen LogP contribution is -1.98. The van der Waals surface area contributed by atoms with E-state index >= 15 is 0 Å². The van der Waals surface area contributed by atoms with Gasteiger partial charge in [-0.25, -0.2) is 88.5 Å². The van der Waals surface area contributed by atoms with E-state index in [2.05, 4.69) is 306 Å². The second-order valence-electron chi connectivity index (χ2n) is 30.9. The van der Waals surface area contributed by atoms with Gasteiger partial charge in [-0.05, 0) is 166 Å². The lowest BCUT2D eigenvalue weighted by Gasteiger charge is -2.08. The summed E-state index contributed by atoms with van der Waals surface area (Å²) in [6.45, 7) is 46.9. The molecule has 0 aliphatic heterocycles. The van der Waals surface area contributed by atoms with Crippen LogP contribution in [0.15, 0.2) is 157 Å². The lowest BCUT2D eigenvalue weighted by molar-refractivity contribution is 0.515.